The van der Waals surface area contributed by atoms with Crippen LogP contribution in [-0.4, -0.2) is 35.0 Å². The van der Waals surface area contributed by atoms with Gasteiger partial charge < -0.3 is 20.7 Å². The van der Waals surface area contributed by atoms with Gasteiger partial charge in [0.2, 0.25) is 11.8 Å². The fraction of sp³-hybridized carbons (Fsp3) is 0.417. The average Bonchev–Trinajstić information content (AvgIpc) is 2.80. The minimum atomic E-state index is -0.809. The third kappa shape index (κ3) is 8.75. The predicted octanol–water partition coefficient (Wildman–Crippen LogP) is 2.93. The Morgan fingerprint density at radius 1 is 0.938 bits per heavy atom. The van der Waals surface area contributed by atoms with Gasteiger partial charge in [0, 0.05) is 6.20 Å². The Labute approximate surface area is 189 Å². The first-order valence-corrected chi connectivity index (χ1v) is 10.8. The molecule has 0 saturated heterocycles. The maximum Gasteiger partial charge on any atom is 0.408 e. The van der Waals surface area contributed by atoms with Gasteiger partial charge in [0.05, 0.1) is 12.2 Å². The summed E-state index contributed by atoms with van der Waals surface area (Å²) >= 11 is 0. The van der Waals surface area contributed by atoms with E-state index in [1.807, 2.05) is 63.2 Å². The van der Waals surface area contributed by atoms with Crippen molar-refractivity contribution in [1.82, 2.24) is 20.9 Å². The van der Waals surface area contributed by atoms with Crippen molar-refractivity contribution < 1.29 is 19.1 Å². The van der Waals surface area contributed by atoms with Crippen LogP contribution >= 0.6 is 0 Å². The summed E-state index contributed by atoms with van der Waals surface area (Å²) in [7, 11) is 0. The molecule has 0 bridgehead atoms. The Hall–Kier alpha value is -3.42. The van der Waals surface area contributed by atoms with Crippen molar-refractivity contribution in [3.8, 4) is 0 Å². The number of carbonyl (C=O) groups excluding carboxylic acids is 3. The van der Waals surface area contributed by atoms with Gasteiger partial charge in [-0.2, -0.15) is 0 Å². The number of pyridine rings is 1. The van der Waals surface area contributed by atoms with E-state index in [-0.39, 0.29) is 25.0 Å². The number of ether oxygens (including phenoxy) is 1. The summed E-state index contributed by atoms with van der Waals surface area (Å²) in [5, 5.41) is 8.16. The van der Waals surface area contributed by atoms with Crippen molar-refractivity contribution in [3.05, 3.63) is 66.0 Å². The minimum Gasteiger partial charge on any atom is -0.445 e. The normalized spacial score (nSPS) is 12.5. The predicted molar refractivity (Wildman–Crippen MR) is 121 cm³/mol. The van der Waals surface area contributed by atoms with Crippen molar-refractivity contribution >= 4 is 17.9 Å². The third-order valence-electron chi connectivity index (χ3n) is 4.74. The number of aromatic nitrogens is 1. The molecule has 1 aromatic carbocycles. The third-order valence-corrected chi connectivity index (χ3v) is 4.74. The zero-order valence-corrected chi connectivity index (χ0v) is 18.8. The number of benzene rings is 1. The Bertz CT molecular complexity index is 859. The lowest BCUT2D eigenvalue weighted by molar-refractivity contribution is -0.130. The molecule has 2 atom stereocenters. The highest BCUT2D eigenvalue weighted by molar-refractivity contribution is 5.91. The molecule has 2 aromatic rings. The maximum atomic E-state index is 12.9. The highest BCUT2D eigenvalue weighted by Gasteiger charge is 2.27. The van der Waals surface area contributed by atoms with E-state index in [0.29, 0.717) is 12.8 Å². The van der Waals surface area contributed by atoms with E-state index in [4.69, 9.17) is 4.74 Å². The molecule has 2 rings (SSSR count). The molecule has 0 aliphatic carbocycles. The second-order valence-electron chi connectivity index (χ2n) is 7.90. The van der Waals surface area contributed by atoms with Crippen LogP contribution in [0.5, 0.6) is 0 Å². The Balaban J connectivity index is 1.91. The molecule has 8 nitrogen and oxygen atoms in total. The maximum absolute atomic E-state index is 12.9. The number of hydrogen-bond donors (Lipinski definition) is 3. The molecule has 172 valence electrons. The van der Waals surface area contributed by atoms with Crippen molar-refractivity contribution in [2.75, 3.05) is 0 Å². The van der Waals surface area contributed by atoms with Crippen molar-refractivity contribution in [3.63, 3.8) is 0 Å². The number of hydrogen-bond acceptors (Lipinski definition) is 5. The fourth-order valence-electron chi connectivity index (χ4n) is 3.04. The molecule has 1 aromatic heterocycles. The van der Waals surface area contributed by atoms with Crippen LogP contribution in [0.25, 0.3) is 0 Å². The first-order valence-electron chi connectivity index (χ1n) is 10.8. The lowest BCUT2D eigenvalue weighted by Crippen LogP contribution is -2.53. The molecule has 3 amide bonds. The molecule has 32 heavy (non-hydrogen) atoms. The Morgan fingerprint density at radius 2 is 1.66 bits per heavy atom. The van der Waals surface area contributed by atoms with E-state index in [1.54, 1.807) is 12.3 Å². The molecule has 0 aliphatic heterocycles. The second kappa shape index (κ2) is 13.1. The molecule has 3 N–H and O–H groups in total. The fourth-order valence-corrected chi connectivity index (χ4v) is 3.04. The molecule has 0 aliphatic rings. The molecular weight excluding hydrogens is 408 g/mol. The standard InChI is InChI=1S/C24H32N4O4/c1-4-20(22(29)26-15-19-12-8-9-13-25-19)27-23(30)21(14-17(2)3)28-24(31)32-16-18-10-6-5-7-11-18/h5-13,17,20-21H,4,14-16H2,1-3H3,(H,26,29)(H,27,30)(H,28,31). The van der Waals surface area contributed by atoms with E-state index < -0.39 is 24.1 Å². The lowest BCUT2D eigenvalue weighted by atomic mass is 10.0. The minimum absolute atomic E-state index is 0.107. The van der Waals surface area contributed by atoms with E-state index in [1.165, 1.54) is 0 Å². The van der Waals surface area contributed by atoms with Gasteiger partial charge >= 0.3 is 6.09 Å². The zero-order valence-electron chi connectivity index (χ0n) is 18.8. The molecule has 0 radical (unpaired) electrons. The monoisotopic (exact) mass is 440 g/mol. The quantitative estimate of drug-likeness (QED) is 0.498. The van der Waals surface area contributed by atoms with Crippen LogP contribution in [-0.2, 0) is 27.5 Å². The Kier molecular flexibility index (Phi) is 10.2. The summed E-state index contributed by atoms with van der Waals surface area (Å²) in [6.45, 7) is 6.09. The van der Waals surface area contributed by atoms with Crippen molar-refractivity contribution in [2.45, 2.75) is 58.8 Å². The summed E-state index contributed by atoms with van der Waals surface area (Å²) in [6.07, 6.45) is 1.80. The van der Waals surface area contributed by atoms with Crippen molar-refractivity contribution in [1.29, 1.82) is 0 Å². The van der Waals surface area contributed by atoms with Crippen LogP contribution in [0.1, 0.15) is 44.9 Å². The molecular formula is C24H32N4O4. The van der Waals surface area contributed by atoms with E-state index in [0.717, 1.165) is 11.3 Å². The lowest BCUT2D eigenvalue weighted by Gasteiger charge is -2.23. The van der Waals surface area contributed by atoms with Gasteiger partial charge in [-0.15, -0.1) is 0 Å². The van der Waals surface area contributed by atoms with Crippen LogP contribution < -0.4 is 16.0 Å². The summed E-state index contributed by atoms with van der Waals surface area (Å²) in [4.78, 5) is 41.8. The summed E-state index contributed by atoms with van der Waals surface area (Å²) in [6, 6.07) is 13.2. The van der Waals surface area contributed by atoms with Crippen LogP contribution in [0.3, 0.4) is 0 Å². The number of amides is 3. The highest BCUT2D eigenvalue weighted by atomic mass is 16.5. The topological polar surface area (TPSA) is 109 Å². The summed E-state index contributed by atoms with van der Waals surface area (Å²) in [5.74, 6) is -0.574. The van der Waals surface area contributed by atoms with Gasteiger partial charge in [-0.25, -0.2) is 4.79 Å². The molecule has 0 spiro atoms. The van der Waals surface area contributed by atoms with Gasteiger partial charge in [-0.05, 0) is 36.5 Å². The average molecular weight is 441 g/mol. The molecule has 0 saturated carbocycles. The van der Waals surface area contributed by atoms with Gasteiger partial charge in [-0.1, -0.05) is 57.2 Å². The van der Waals surface area contributed by atoms with Gasteiger partial charge in [0.1, 0.15) is 18.7 Å². The Morgan fingerprint density at radius 3 is 2.28 bits per heavy atom. The smallest absolute Gasteiger partial charge is 0.408 e. The first-order chi connectivity index (χ1) is 15.4. The number of nitrogens with one attached hydrogen (secondary N) is 3. The SMILES string of the molecule is CCC(NC(=O)C(CC(C)C)NC(=O)OCc1ccccc1)C(=O)NCc1ccccn1. The largest absolute Gasteiger partial charge is 0.445 e. The van der Waals surface area contributed by atoms with Gasteiger partial charge in [-0.3, -0.25) is 14.6 Å². The van der Waals surface area contributed by atoms with E-state index in [9.17, 15) is 14.4 Å². The number of nitrogens with zero attached hydrogens (tertiary/aromatic N) is 1. The number of rotatable bonds is 11. The van der Waals surface area contributed by atoms with Gasteiger partial charge in [0.15, 0.2) is 0 Å². The van der Waals surface area contributed by atoms with Crippen LogP contribution in [0.15, 0.2) is 54.7 Å². The number of alkyl carbamates (subject to hydrolysis) is 1. The second-order valence-corrected chi connectivity index (χ2v) is 7.90. The van der Waals surface area contributed by atoms with E-state index in [2.05, 4.69) is 20.9 Å². The van der Waals surface area contributed by atoms with Crippen LogP contribution in [0.4, 0.5) is 4.79 Å². The molecule has 8 heteroatoms. The highest BCUT2D eigenvalue weighted by Crippen LogP contribution is 2.08. The van der Waals surface area contributed by atoms with Gasteiger partial charge in [0.25, 0.3) is 0 Å². The summed E-state index contributed by atoms with van der Waals surface area (Å²) in [5.41, 5.74) is 1.57. The summed E-state index contributed by atoms with van der Waals surface area (Å²) < 4.78 is 5.24. The van der Waals surface area contributed by atoms with Crippen molar-refractivity contribution in [2.24, 2.45) is 5.92 Å². The number of carbonyl (C=O) groups is 3. The molecule has 1 heterocycles. The zero-order chi connectivity index (χ0) is 23.3. The van der Waals surface area contributed by atoms with Crippen LogP contribution in [0, 0.1) is 5.92 Å². The van der Waals surface area contributed by atoms with Crippen LogP contribution in [0.2, 0.25) is 0 Å². The molecule has 2 unspecified atom stereocenters. The molecule has 0 fully saturated rings. The first kappa shape index (κ1) is 24.8. The van der Waals surface area contributed by atoms with E-state index >= 15 is 0 Å².